The molecule has 0 spiro atoms. The van der Waals surface area contributed by atoms with E-state index < -0.39 is 12.0 Å². The second kappa shape index (κ2) is 9.87. The molecule has 0 bridgehead atoms. The number of fused-ring (bicyclic) bond motifs is 1. The van der Waals surface area contributed by atoms with Crippen molar-refractivity contribution in [2.24, 2.45) is 0 Å². The van der Waals surface area contributed by atoms with Crippen LogP contribution in [0.4, 0.5) is 0 Å². The summed E-state index contributed by atoms with van der Waals surface area (Å²) in [6.07, 6.45) is 2.76. The zero-order chi connectivity index (χ0) is 20.1. The molecule has 30 heavy (non-hydrogen) atoms. The van der Waals surface area contributed by atoms with Gasteiger partial charge in [0.1, 0.15) is 6.04 Å². The number of hydrogen-bond donors (Lipinski definition) is 2. The first-order valence-corrected chi connectivity index (χ1v) is 9.84. The van der Waals surface area contributed by atoms with Crippen LogP contribution in [0, 0.1) is 0 Å². The highest BCUT2D eigenvalue weighted by atomic mass is 16.4. The van der Waals surface area contributed by atoms with Crippen LogP contribution in [0.2, 0.25) is 0 Å². The summed E-state index contributed by atoms with van der Waals surface area (Å²) in [7, 11) is 0. The lowest BCUT2D eigenvalue weighted by molar-refractivity contribution is -0.139. The molecular formula is C25H26N2O3. The number of aliphatic carboxylic acids is 1. The number of carbonyl (C=O) groups is 1. The van der Waals surface area contributed by atoms with Gasteiger partial charge in [0.05, 0.1) is 0 Å². The maximum atomic E-state index is 12.1. The Kier molecular flexibility index (Phi) is 7.01. The first-order valence-electron chi connectivity index (χ1n) is 9.84. The maximum Gasteiger partial charge on any atom is 0.325 e. The molecule has 3 aromatic carbocycles. The fourth-order valence-electron chi connectivity index (χ4n) is 3.75. The van der Waals surface area contributed by atoms with E-state index in [0.717, 1.165) is 22.9 Å². The van der Waals surface area contributed by atoms with Gasteiger partial charge in [-0.3, -0.25) is 4.79 Å². The van der Waals surface area contributed by atoms with E-state index in [1.165, 1.54) is 11.1 Å². The van der Waals surface area contributed by atoms with Crippen molar-refractivity contribution in [3.8, 4) is 0 Å². The summed E-state index contributed by atoms with van der Waals surface area (Å²) in [5, 5.41) is 14.1. The molecule has 5 nitrogen and oxygen atoms in total. The lowest BCUT2D eigenvalue weighted by Gasteiger charge is -2.14. The SMILES string of the molecule is O.O=C(O)C(NCCc1ccccc1)c1cn(Cc2ccccc2)c2ccccc12. The Bertz CT molecular complexity index is 1090. The van der Waals surface area contributed by atoms with Crippen LogP contribution in [0.5, 0.6) is 0 Å². The Morgan fingerprint density at radius 3 is 2.13 bits per heavy atom. The molecule has 1 heterocycles. The summed E-state index contributed by atoms with van der Waals surface area (Å²) < 4.78 is 2.13. The smallest absolute Gasteiger partial charge is 0.325 e. The zero-order valence-corrected chi connectivity index (χ0v) is 16.7. The largest absolute Gasteiger partial charge is 0.480 e. The molecule has 4 rings (SSSR count). The quantitative estimate of drug-likeness (QED) is 0.470. The van der Waals surface area contributed by atoms with Crippen LogP contribution < -0.4 is 5.32 Å². The lowest BCUT2D eigenvalue weighted by atomic mass is 10.1. The van der Waals surface area contributed by atoms with Crippen molar-refractivity contribution in [2.45, 2.75) is 19.0 Å². The standard InChI is InChI=1S/C25H24N2O2.H2O/c28-25(29)24(26-16-15-19-9-3-1-4-10-19)22-18-27(17-20-11-5-2-6-12-20)23-14-8-7-13-21(22)23;/h1-14,18,24,26H,15-17H2,(H,28,29);1H2. The summed E-state index contributed by atoms with van der Waals surface area (Å²) in [4.78, 5) is 12.1. The summed E-state index contributed by atoms with van der Waals surface area (Å²) in [5.74, 6) is -0.860. The van der Waals surface area contributed by atoms with Gasteiger partial charge < -0.3 is 20.5 Å². The van der Waals surface area contributed by atoms with Crippen molar-refractivity contribution in [3.63, 3.8) is 0 Å². The fraction of sp³-hybridized carbons (Fsp3) is 0.160. The first-order chi connectivity index (χ1) is 14.2. The number of aromatic nitrogens is 1. The average Bonchev–Trinajstić information content (AvgIpc) is 3.11. The molecule has 5 heteroatoms. The predicted octanol–water partition coefficient (Wildman–Crippen LogP) is 3.82. The number of benzene rings is 3. The van der Waals surface area contributed by atoms with Crippen LogP contribution >= 0.6 is 0 Å². The third-order valence-corrected chi connectivity index (χ3v) is 5.18. The van der Waals surface area contributed by atoms with Gasteiger partial charge in [-0.2, -0.15) is 0 Å². The Balaban J connectivity index is 0.00000256. The minimum absolute atomic E-state index is 0. The predicted molar refractivity (Wildman–Crippen MR) is 120 cm³/mol. The van der Waals surface area contributed by atoms with Crippen LogP contribution in [0.1, 0.15) is 22.7 Å². The molecule has 0 saturated heterocycles. The number of carboxylic acids is 1. The summed E-state index contributed by atoms with van der Waals surface area (Å²) >= 11 is 0. The van der Waals surface area contributed by atoms with E-state index in [9.17, 15) is 9.90 Å². The number of rotatable bonds is 8. The van der Waals surface area contributed by atoms with E-state index in [1.807, 2.05) is 66.9 Å². The second-order valence-corrected chi connectivity index (χ2v) is 7.18. The number of nitrogens with zero attached hydrogens (tertiary/aromatic N) is 1. The number of carboxylic acid groups (broad SMARTS) is 1. The second-order valence-electron chi connectivity index (χ2n) is 7.18. The zero-order valence-electron chi connectivity index (χ0n) is 16.7. The van der Waals surface area contributed by atoms with Crippen molar-refractivity contribution in [1.82, 2.24) is 9.88 Å². The normalized spacial score (nSPS) is 11.7. The number of hydrogen-bond acceptors (Lipinski definition) is 2. The molecule has 0 aliphatic rings. The highest BCUT2D eigenvalue weighted by Crippen LogP contribution is 2.27. The van der Waals surface area contributed by atoms with Crippen molar-refractivity contribution >= 4 is 16.9 Å². The van der Waals surface area contributed by atoms with Gasteiger partial charge in [0.2, 0.25) is 0 Å². The summed E-state index contributed by atoms with van der Waals surface area (Å²) in [6, 6.07) is 27.6. The number of para-hydroxylation sites is 1. The molecule has 0 radical (unpaired) electrons. The van der Waals surface area contributed by atoms with Gasteiger partial charge in [-0.1, -0.05) is 78.9 Å². The van der Waals surface area contributed by atoms with Crippen LogP contribution in [0.15, 0.2) is 91.1 Å². The highest BCUT2D eigenvalue weighted by molar-refractivity contribution is 5.89. The third-order valence-electron chi connectivity index (χ3n) is 5.18. The Morgan fingerprint density at radius 1 is 0.867 bits per heavy atom. The van der Waals surface area contributed by atoms with Crippen molar-refractivity contribution in [1.29, 1.82) is 0 Å². The van der Waals surface area contributed by atoms with E-state index in [0.29, 0.717) is 13.1 Å². The van der Waals surface area contributed by atoms with Crippen LogP contribution in [-0.4, -0.2) is 27.7 Å². The molecule has 4 N–H and O–H groups in total. The van der Waals surface area contributed by atoms with Crippen LogP contribution in [0.25, 0.3) is 10.9 Å². The lowest BCUT2D eigenvalue weighted by Crippen LogP contribution is -2.30. The van der Waals surface area contributed by atoms with Gasteiger partial charge >= 0.3 is 5.97 Å². The molecule has 0 amide bonds. The molecular weight excluding hydrogens is 376 g/mol. The number of nitrogens with one attached hydrogen (secondary N) is 1. The molecule has 0 saturated carbocycles. The van der Waals surface area contributed by atoms with E-state index in [4.69, 9.17) is 0 Å². The van der Waals surface area contributed by atoms with Gasteiger partial charge in [-0.15, -0.1) is 0 Å². The van der Waals surface area contributed by atoms with Crippen LogP contribution in [0.3, 0.4) is 0 Å². The molecule has 0 fully saturated rings. The molecule has 0 aliphatic heterocycles. The minimum Gasteiger partial charge on any atom is -0.480 e. The first kappa shape index (κ1) is 21.3. The molecule has 1 atom stereocenters. The van der Waals surface area contributed by atoms with Gasteiger partial charge in [0.15, 0.2) is 0 Å². The average molecular weight is 402 g/mol. The fourth-order valence-corrected chi connectivity index (χ4v) is 3.75. The van der Waals surface area contributed by atoms with E-state index >= 15 is 0 Å². The van der Waals surface area contributed by atoms with Gasteiger partial charge in [-0.25, -0.2) is 0 Å². The Labute approximate surface area is 175 Å². The minimum atomic E-state index is -0.860. The van der Waals surface area contributed by atoms with E-state index in [-0.39, 0.29) is 5.48 Å². The summed E-state index contributed by atoms with van der Waals surface area (Å²) in [5.41, 5.74) is 4.22. The van der Waals surface area contributed by atoms with Gasteiger partial charge in [0, 0.05) is 35.8 Å². The van der Waals surface area contributed by atoms with Gasteiger partial charge in [-0.05, 0) is 23.6 Å². The summed E-state index contributed by atoms with van der Waals surface area (Å²) in [6.45, 7) is 1.30. The molecule has 1 aromatic heterocycles. The molecule has 1 unspecified atom stereocenters. The van der Waals surface area contributed by atoms with Crippen molar-refractivity contribution < 1.29 is 15.4 Å². The van der Waals surface area contributed by atoms with Gasteiger partial charge in [0.25, 0.3) is 0 Å². The van der Waals surface area contributed by atoms with E-state index in [2.05, 4.69) is 34.1 Å². The monoisotopic (exact) mass is 402 g/mol. The highest BCUT2D eigenvalue weighted by Gasteiger charge is 2.23. The maximum absolute atomic E-state index is 12.1. The van der Waals surface area contributed by atoms with E-state index in [1.54, 1.807) is 0 Å². The third kappa shape index (κ3) is 4.76. The topological polar surface area (TPSA) is 85.8 Å². The molecule has 4 aromatic rings. The van der Waals surface area contributed by atoms with Crippen LogP contribution in [-0.2, 0) is 17.8 Å². The molecule has 154 valence electrons. The van der Waals surface area contributed by atoms with Crippen molar-refractivity contribution in [3.05, 3.63) is 108 Å². The molecule has 0 aliphatic carbocycles. The Morgan fingerprint density at radius 2 is 1.47 bits per heavy atom. The Hall–Kier alpha value is -3.41. The van der Waals surface area contributed by atoms with Crippen molar-refractivity contribution in [2.75, 3.05) is 6.54 Å².